The van der Waals surface area contributed by atoms with Gasteiger partial charge in [0.1, 0.15) is 0 Å². The van der Waals surface area contributed by atoms with E-state index >= 15 is 0 Å². The molecule has 1 fully saturated rings. The number of aromatic nitrogens is 2. The SMILES string of the molecule is Cc1ccc(CS(=O)(=O)N2CCCC(Cc3nc(-c4ccccc4C)no3)C2)cc1. The molecule has 4 rings (SSSR count). The Kier molecular flexibility index (Phi) is 6.01. The average molecular weight is 426 g/mol. The van der Waals surface area contributed by atoms with Crippen LogP contribution in [0.3, 0.4) is 0 Å². The van der Waals surface area contributed by atoms with Crippen molar-refractivity contribution < 1.29 is 12.9 Å². The van der Waals surface area contributed by atoms with E-state index in [1.54, 1.807) is 4.31 Å². The first-order chi connectivity index (χ1) is 14.4. The highest BCUT2D eigenvalue weighted by Crippen LogP contribution is 2.26. The van der Waals surface area contributed by atoms with Crippen LogP contribution < -0.4 is 0 Å². The third-order valence-electron chi connectivity index (χ3n) is 5.66. The average Bonchev–Trinajstić information content (AvgIpc) is 3.18. The van der Waals surface area contributed by atoms with Crippen molar-refractivity contribution >= 4 is 10.0 Å². The number of piperidine rings is 1. The fourth-order valence-electron chi connectivity index (χ4n) is 3.95. The van der Waals surface area contributed by atoms with Gasteiger partial charge in [-0.2, -0.15) is 4.98 Å². The van der Waals surface area contributed by atoms with Crippen LogP contribution in [-0.4, -0.2) is 36.0 Å². The zero-order chi connectivity index (χ0) is 21.1. The Labute approximate surface area is 178 Å². The van der Waals surface area contributed by atoms with Crippen molar-refractivity contribution in [3.8, 4) is 11.4 Å². The van der Waals surface area contributed by atoms with Gasteiger partial charge in [-0.15, -0.1) is 0 Å². The van der Waals surface area contributed by atoms with Crippen molar-refractivity contribution in [3.63, 3.8) is 0 Å². The Morgan fingerprint density at radius 1 is 1.10 bits per heavy atom. The Bertz CT molecular complexity index is 1110. The standard InChI is InChI=1S/C23H27N3O3S/c1-17-9-11-19(12-10-17)16-30(27,28)26-13-5-7-20(15-26)14-22-24-23(25-29-22)21-8-4-3-6-18(21)2/h3-4,6,8-12,20H,5,7,13-16H2,1-2H3. The maximum Gasteiger partial charge on any atom is 0.227 e. The molecule has 0 saturated carbocycles. The molecule has 1 aliphatic heterocycles. The number of sulfonamides is 1. The lowest BCUT2D eigenvalue weighted by molar-refractivity contribution is 0.247. The van der Waals surface area contributed by atoms with Crippen LogP contribution in [0.15, 0.2) is 53.1 Å². The maximum absolute atomic E-state index is 12.9. The summed E-state index contributed by atoms with van der Waals surface area (Å²) in [5.74, 6) is 1.37. The summed E-state index contributed by atoms with van der Waals surface area (Å²) >= 11 is 0. The molecule has 0 spiro atoms. The van der Waals surface area contributed by atoms with E-state index < -0.39 is 10.0 Å². The van der Waals surface area contributed by atoms with Gasteiger partial charge in [0.15, 0.2) is 0 Å². The summed E-state index contributed by atoms with van der Waals surface area (Å²) in [4.78, 5) is 4.55. The van der Waals surface area contributed by atoms with Gasteiger partial charge < -0.3 is 4.52 Å². The van der Waals surface area contributed by atoms with Gasteiger partial charge >= 0.3 is 0 Å². The predicted molar refractivity (Wildman–Crippen MR) is 116 cm³/mol. The molecule has 30 heavy (non-hydrogen) atoms. The summed E-state index contributed by atoms with van der Waals surface area (Å²) in [6.45, 7) is 5.08. The normalized spacial score (nSPS) is 17.9. The molecule has 7 heteroatoms. The highest BCUT2D eigenvalue weighted by molar-refractivity contribution is 7.88. The molecule has 2 heterocycles. The first-order valence-corrected chi connectivity index (χ1v) is 11.9. The second-order valence-electron chi connectivity index (χ2n) is 8.14. The molecule has 0 N–H and O–H groups in total. The Balaban J connectivity index is 1.42. The Hall–Kier alpha value is -2.51. The molecule has 0 amide bonds. The van der Waals surface area contributed by atoms with Crippen LogP contribution in [0.4, 0.5) is 0 Å². The number of aryl methyl sites for hydroxylation is 2. The van der Waals surface area contributed by atoms with Gasteiger partial charge in [-0.05, 0) is 43.7 Å². The Morgan fingerprint density at radius 2 is 1.87 bits per heavy atom. The second kappa shape index (κ2) is 8.70. The maximum atomic E-state index is 12.9. The largest absolute Gasteiger partial charge is 0.339 e. The smallest absolute Gasteiger partial charge is 0.227 e. The number of hydrogen-bond donors (Lipinski definition) is 0. The summed E-state index contributed by atoms with van der Waals surface area (Å²) in [6, 6.07) is 15.6. The molecule has 6 nitrogen and oxygen atoms in total. The van der Waals surface area contributed by atoms with Crippen LogP contribution in [-0.2, 0) is 22.2 Å². The third-order valence-corrected chi connectivity index (χ3v) is 7.48. The quantitative estimate of drug-likeness (QED) is 0.593. The zero-order valence-corrected chi connectivity index (χ0v) is 18.2. The van der Waals surface area contributed by atoms with Gasteiger partial charge in [0.25, 0.3) is 0 Å². The molecule has 1 aromatic heterocycles. The number of nitrogens with zero attached hydrogens (tertiary/aromatic N) is 3. The van der Waals surface area contributed by atoms with Crippen LogP contribution in [0.5, 0.6) is 0 Å². The highest BCUT2D eigenvalue weighted by atomic mass is 32.2. The summed E-state index contributed by atoms with van der Waals surface area (Å²) in [5, 5.41) is 4.13. The van der Waals surface area contributed by atoms with E-state index in [1.807, 2.05) is 62.4 Å². The minimum absolute atomic E-state index is 0.0397. The van der Waals surface area contributed by atoms with E-state index in [4.69, 9.17) is 4.52 Å². The summed E-state index contributed by atoms with van der Waals surface area (Å²) < 4.78 is 33.0. The topological polar surface area (TPSA) is 76.3 Å². The molecule has 0 radical (unpaired) electrons. The fourth-order valence-corrected chi connectivity index (χ4v) is 5.59. The monoisotopic (exact) mass is 425 g/mol. The van der Waals surface area contributed by atoms with Crippen LogP contribution >= 0.6 is 0 Å². The second-order valence-corrected chi connectivity index (χ2v) is 10.1. The third kappa shape index (κ3) is 4.79. The van der Waals surface area contributed by atoms with Gasteiger partial charge in [-0.25, -0.2) is 12.7 Å². The van der Waals surface area contributed by atoms with Crippen molar-refractivity contribution in [3.05, 3.63) is 71.1 Å². The lowest BCUT2D eigenvalue weighted by atomic mass is 9.96. The van der Waals surface area contributed by atoms with E-state index in [0.29, 0.717) is 31.2 Å². The molecule has 158 valence electrons. The van der Waals surface area contributed by atoms with E-state index in [9.17, 15) is 8.42 Å². The minimum atomic E-state index is -3.35. The summed E-state index contributed by atoms with van der Waals surface area (Å²) in [7, 11) is -3.35. The van der Waals surface area contributed by atoms with Crippen LogP contribution in [0.25, 0.3) is 11.4 Å². The Morgan fingerprint density at radius 3 is 2.63 bits per heavy atom. The number of hydrogen-bond acceptors (Lipinski definition) is 5. The van der Waals surface area contributed by atoms with Crippen molar-refractivity contribution in [2.24, 2.45) is 5.92 Å². The van der Waals surface area contributed by atoms with Gasteiger partial charge in [0, 0.05) is 25.1 Å². The number of rotatable bonds is 6. The van der Waals surface area contributed by atoms with Gasteiger partial charge in [-0.3, -0.25) is 0 Å². The lowest BCUT2D eigenvalue weighted by Gasteiger charge is -2.31. The molecule has 1 unspecified atom stereocenters. The van der Waals surface area contributed by atoms with Crippen molar-refractivity contribution in [1.82, 2.24) is 14.4 Å². The molecule has 0 aliphatic carbocycles. The number of benzene rings is 2. The zero-order valence-electron chi connectivity index (χ0n) is 17.4. The van der Waals surface area contributed by atoms with Crippen LogP contribution in [0, 0.1) is 19.8 Å². The summed E-state index contributed by atoms with van der Waals surface area (Å²) in [6.07, 6.45) is 2.39. The highest BCUT2D eigenvalue weighted by Gasteiger charge is 2.30. The van der Waals surface area contributed by atoms with Crippen molar-refractivity contribution in [2.75, 3.05) is 13.1 Å². The first-order valence-electron chi connectivity index (χ1n) is 10.3. The lowest BCUT2D eigenvalue weighted by Crippen LogP contribution is -2.41. The predicted octanol–water partition coefficient (Wildman–Crippen LogP) is 4.14. The van der Waals surface area contributed by atoms with E-state index in [0.717, 1.165) is 35.1 Å². The van der Waals surface area contributed by atoms with Gasteiger partial charge in [-0.1, -0.05) is 59.3 Å². The molecule has 3 aromatic rings. The van der Waals surface area contributed by atoms with E-state index in [2.05, 4.69) is 10.1 Å². The first kappa shape index (κ1) is 20.8. The molecular formula is C23H27N3O3S. The minimum Gasteiger partial charge on any atom is -0.339 e. The molecule has 1 aliphatic rings. The van der Waals surface area contributed by atoms with E-state index in [-0.39, 0.29) is 11.7 Å². The van der Waals surface area contributed by atoms with Crippen LogP contribution in [0.2, 0.25) is 0 Å². The molecular weight excluding hydrogens is 398 g/mol. The fraction of sp³-hybridized carbons (Fsp3) is 0.391. The van der Waals surface area contributed by atoms with Gasteiger partial charge in [0.2, 0.25) is 21.7 Å². The molecule has 2 aromatic carbocycles. The molecule has 1 atom stereocenters. The molecule has 1 saturated heterocycles. The summed E-state index contributed by atoms with van der Waals surface area (Å²) in [5.41, 5.74) is 4.00. The van der Waals surface area contributed by atoms with Crippen molar-refractivity contribution in [1.29, 1.82) is 0 Å². The van der Waals surface area contributed by atoms with Crippen LogP contribution in [0.1, 0.15) is 35.4 Å². The van der Waals surface area contributed by atoms with Crippen molar-refractivity contribution in [2.45, 2.75) is 38.9 Å². The van der Waals surface area contributed by atoms with Gasteiger partial charge in [0.05, 0.1) is 5.75 Å². The molecule has 0 bridgehead atoms. The van der Waals surface area contributed by atoms with E-state index in [1.165, 1.54) is 0 Å².